The molecule has 0 bridgehead atoms. The van der Waals surface area contributed by atoms with Crippen LogP contribution in [0.4, 0.5) is 0 Å². The molecule has 0 aromatic heterocycles. The molecule has 0 N–H and O–H groups in total. The van der Waals surface area contributed by atoms with E-state index in [4.69, 9.17) is 10.7 Å². The molecule has 2 aliphatic rings. The summed E-state index contributed by atoms with van der Waals surface area (Å²) in [4.78, 5) is 0. The summed E-state index contributed by atoms with van der Waals surface area (Å²) in [7, 11) is 1.96. The van der Waals surface area contributed by atoms with Gasteiger partial charge in [0.25, 0.3) is 0 Å². The van der Waals surface area contributed by atoms with Crippen molar-refractivity contribution < 1.29 is 8.42 Å². The lowest BCUT2D eigenvalue weighted by atomic mass is 10.2. The number of hydrogen-bond donors (Lipinski definition) is 0. The van der Waals surface area contributed by atoms with E-state index in [0.717, 1.165) is 12.8 Å². The zero-order chi connectivity index (χ0) is 7.35. The van der Waals surface area contributed by atoms with Gasteiger partial charge in [-0.1, -0.05) is 0 Å². The number of hydrogen-bond acceptors (Lipinski definition) is 2. The highest BCUT2D eigenvalue weighted by Gasteiger charge is 2.49. The molecule has 2 saturated carbocycles. The molecule has 0 aliphatic heterocycles. The van der Waals surface area contributed by atoms with Crippen molar-refractivity contribution in [1.29, 1.82) is 0 Å². The van der Waals surface area contributed by atoms with Gasteiger partial charge in [-0.15, -0.1) is 0 Å². The highest BCUT2D eigenvalue weighted by atomic mass is 35.7. The average molecular weight is 181 g/mol. The summed E-state index contributed by atoms with van der Waals surface area (Å²) in [6, 6.07) is 0. The predicted molar refractivity (Wildman–Crippen MR) is 39.4 cm³/mol. The van der Waals surface area contributed by atoms with Crippen LogP contribution in [0.3, 0.4) is 0 Å². The van der Waals surface area contributed by atoms with E-state index in [9.17, 15) is 8.42 Å². The van der Waals surface area contributed by atoms with Crippen LogP contribution in [0.25, 0.3) is 0 Å². The van der Waals surface area contributed by atoms with Gasteiger partial charge < -0.3 is 0 Å². The van der Waals surface area contributed by atoms with Crippen molar-refractivity contribution in [3.63, 3.8) is 0 Å². The van der Waals surface area contributed by atoms with E-state index < -0.39 is 9.05 Å². The van der Waals surface area contributed by atoms with Crippen molar-refractivity contribution in [2.24, 2.45) is 11.8 Å². The minimum absolute atomic E-state index is 0.224. The third-order valence-electron chi connectivity index (χ3n) is 2.60. The average Bonchev–Trinajstić information content (AvgIpc) is 2.38. The molecular weight excluding hydrogens is 172 g/mol. The standard InChI is InChI=1S/C6H9ClO2S/c7-10(8,9)6-2-4-1-5(4)3-6/h4-6H,1-3H2/t4-,5+,6?. The Morgan fingerprint density at radius 2 is 1.60 bits per heavy atom. The molecule has 2 fully saturated rings. The molecule has 0 aromatic rings. The second kappa shape index (κ2) is 1.89. The van der Waals surface area contributed by atoms with E-state index >= 15 is 0 Å². The first-order valence-corrected chi connectivity index (χ1v) is 5.88. The van der Waals surface area contributed by atoms with E-state index in [-0.39, 0.29) is 5.25 Å². The third kappa shape index (κ3) is 1.05. The second-order valence-corrected chi connectivity index (χ2v) is 6.23. The van der Waals surface area contributed by atoms with Crippen molar-refractivity contribution in [2.45, 2.75) is 24.5 Å². The van der Waals surface area contributed by atoms with E-state index in [0.29, 0.717) is 11.8 Å². The molecule has 0 amide bonds. The zero-order valence-corrected chi connectivity index (χ0v) is 7.03. The van der Waals surface area contributed by atoms with Gasteiger partial charge in [-0.2, -0.15) is 0 Å². The van der Waals surface area contributed by atoms with Gasteiger partial charge in [-0.05, 0) is 31.1 Å². The zero-order valence-electron chi connectivity index (χ0n) is 5.46. The number of fused-ring (bicyclic) bond motifs is 1. The Hall–Kier alpha value is 0.240. The van der Waals surface area contributed by atoms with Crippen LogP contribution in [0.1, 0.15) is 19.3 Å². The van der Waals surface area contributed by atoms with Crippen LogP contribution in [0.2, 0.25) is 0 Å². The summed E-state index contributed by atoms with van der Waals surface area (Å²) < 4.78 is 21.5. The number of rotatable bonds is 1. The fraction of sp³-hybridized carbons (Fsp3) is 1.00. The van der Waals surface area contributed by atoms with Crippen LogP contribution in [-0.4, -0.2) is 13.7 Å². The molecule has 3 atom stereocenters. The molecule has 2 aliphatic carbocycles. The minimum Gasteiger partial charge on any atom is -0.212 e. The lowest BCUT2D eigenvalue weighted by Crippen LogP contribution is -2.13. The number of halogens is 1. The fourth-order valence-electron chi connectivity index (χ4n) is 1.89. The van der Waals surface area contributed by atoms with Crippen LogP contribution in [-0.2, 0) is 9.05 Å². The molecule has 0 saturated heterocycles. The maximum atomic E-state index is 10.8. The van der Waals surface area contributed by atoms with E-state index in [1.165, 1.54) is 6.42 Å². The van der Waals surface area contributed by atoms with E-state index in [2.05, 4.69) is 0 Å². The maximum Gasteiger partial charge on any atom is 0.235 e. The van der Waals surface area contributed by atoms with Gasteiger partial charge in [0.05, 0.1) is 5.25 Å². The van der Waals surface area contributed by atoms with Gasteiger partial charge >= 0.3 is 0 Å². The van der Waals surface area contributed by atoms with Crippen molar-refractivity contribution >= 4 is 19.7 Å². The molecule has 0 heterocycles. The minimum atomic E-state index is -3.23. The molecule has 2 nitrogen and oxygen atoms in total. The highest BCUT2D eigenvalue weighted by Crippen LogP contribution is 2.53. The lowest BCUT2D eigenvalue weighted by Gasteiger charge is -2.04. The van der Waals surface area contributed by atoms with Gasteiger partial charge in [0.15, 0.2) is 0 Å². The molecule has 10 heavy (non-hydrogen) atoms. The van der Waals surface area contributed by atoms with Gasteiger partial charge in [0.2, 0.25) is 9.05 Å². The molecule has 0 radical (unpaired) electrons. The molecule has 58 valence electrons. The Morgan fingerprint density at radius 1 is 1.10 bits per heavy atom. The van der Waals surface area contributed by atoms with Gasteiger partial charge in [0.1, 0.15) is 0 Å². The van der Waals surface area contributed by atoms with E-state index in [1.54, 1.807) is 0 Å². The van der Waals surface area contributed by atoms with Gasteiger partial charge in [-0.25, -0.2) is 8.42 Å². The molecule has 1 unspecified atom stereocenters. The fourth-order valence-corrected chi connectivity index (χ4v) is 3.28. The Bertz CT molecular complexity index is 236. The monoisotopic (exact) mass is 180 g/mol. The summed E-state index contributed by atoms with van der Waals surface area (Å²) >= 11 is 0. The molecule has 0 aromatic carbocycles. The van der Waals surface area contributed by atoms with Crippen molar-refractivity contribution in [1.82, 2.24) is 0 Å². The first kappa shape index (κ1) is 6.92. The smallest absolute Gasteiger partial charge is 0.212 e. The van der Waals surface area contributed by atoms with E-state index in [1.807, 2.05) is 0 Å². The summed E-state index contributed by atoms with van der Waals surface area (Å²) in [5.41, 5.74) is 0. The first-order chi connectivity index (χ1) is 4.57. The quantitative estimate of drug-likeness (QED) is 0.571. The second-order valence-electron chi connectivity index (χ2n) is 3.32. The Labute approximate surface area is 65.0 Å². The first-order valence-electron chi connectivity index (χ1n) is 3.51. The molecule has 0 spiro atoms. The van der Waals surface area contributed by atoms with Crippen LogP contribution >= 0.6 is 10.7 Å². The largest absolute Gasteiger partial charge is 0.235 e. The summed E-state index contributed by atoms with van der Waals surface area (Å²) in [6.07, 6.45) is 2.87. The highest BCUT2D eigenvalue weighted by molar-refractivity contribution is 8.14. The van der Waals surface area contributed by atoms with Crippen LogP contribution in [0, 0.1) is 11.8 Å². The van der Waals surface area contributed by atoms with Crippen LogP contribution in [0.5, 0.6) is 0 Å². The third-order valence-corrected chi connectivity index (χ3v) is 4.54. The Morgan fingerprint density at radius 3 is 1.90 bits per heavy atom. The summed E-state index contributed by atoms with van der Waals surface area (Å²) in [5.74, 6) is 1.39. The Balaban J connectivity index is 2.10. The SMILES string of the molecule is O=S(=O)(Cl)C1C[C@@H]2C[C@@H]2C1. The lowest BCUT2D eigenvalue weighted by molar-refractivity contribution is 0.584. The van der Waals surface area contributed by atoms with Crippen LogP contribution in [0.15, 0.2) is 0 Å². The van der Waals surface area contributed by atoms with Gasteiger partial charge in [-0.3, -0.25) is 0 Å². The predicted octanol–water partition coefficient (Wildman–Crippen LogP) is 1.35. The Kier molecular flexibility index (Phi) is 1.30. The van der Waals surface area contributed by atoms with Crippen LogP contribution < -0.4 is 0 Å². The maximum absolute atomic E-state index is 10.8. The summed E-state index contributed by atoms with van der Waals surface area (Å²) in [5, 5.41) is -0.224. The van der Waals surface area contributed by atoms with Gasteiger partial charge in [0, 0.05) is 10.7 Å². The molecule has 4 heteroatoms. The van der Waals surface area contributed by atoms with Crippen molar-refractivity contribution in [3.05, 3.63) is 0 Å². The van der Waals surface area contributed by atoms with Crippen molar-refractivity contribution in [3.8, 4) is 0 Å². The molecular formula is C6H9ClO2S. The normalized spacial score (nSPS) is 45.1. The topological polar surface area (TPSA) is 34.1 Å². The summed E-state index contributed by atoms with van der Waals surface area (Å²) in [6.45, 7) is 0. The molecule has 2 rings (SSSR count). The van der Waals surface area contributed by atoms with Crippen molar-refractivity contribution in [2.75, 3.05) is 0 Å².